The van der Waals surface area contributed by atoms with E-state index in [2.05, 4.69) is 5.32 Å². The quantitative estimate of drug-likeness (QED) is 0.868. The minimum absolute atomic E-state index is 0. The highest BCUT2D eigenvalue weighted by Crippen LogP contribution is 2.29. The molecule has 1 aliphatic rings. The predicted molar refractivity (Wildman–Crippen MR) is 81.9 cm³/mol. The van der Waals surface area contributed by atoms with Crippen molar-refractivity contribution in [2.75, 3.05) is 26.3 Å². The third kappa shape index (κ3) is 4.66. The van der Waals surface area contributed by atoms with Crippen LogP contribution in [0.15, 0.2) is 24.3 Å². The Morgan fingerprint density at radius 1 is 1.38 bits per heavy atom. The number of nitrogens with one attached hydrogen (secondary N) is 1. The number of carbonyl (C=O) groups excluding carboxylic acids is 1. The molecule has 4 nitrogen and oxygen atoms in total. The number of benzene rings is 1. The Morgan fingerprint density at radius 3 is 2.71 bits per heavy atom. The van der Waals surface area contributed by atoms with E-state index in [1.165, 1.54) is 12.1 Å². The van der Waals surface area contributed by atoms with Crippen LogP contribution in [0.1, 0.15) is 18.4 Å². The fourth-order valence-electron chi connectivity index (χ4n) is 2.49. The fourth-order valence-corrected chi connectivity index (χ4v) is 2.49. The highest BCUT2D eigenvalue weighted by molar-refractivity contribution is 5.85. The van der Waals surface area contributed by atoms with Crippen LogP contribution in [0.4, 0.5) is 4.39 Å². The molecule has 21 heavy (non-hydrogen) atoms. The van der Waals surface area contributed by atoms with Crippen molar-refractivity contribution < 1.29 is 13.9 Å². The Kier molecular flexibility index (Phi) is 7.08. The maximum Gasteiger partial charge on any atom is 0.227 e. The Hall–Kier alpha value is -1.17. The number of nitrogens with two attached hydrogens (primary N) is 1. The van der Waals surface area contributed by atoms with E-state index < -0.39 is 5.41 Å². The molecule has 0 spiro atoms. The van der Waals surface area contributed by atoms with Crippen LogP contribution in [0.25, 0.3) is 0 Å². The molecule has 1 amide bonds. The van der Waals surface area contributed by atoms with Crippen molar-refractivity contribution in [3.8, 4) is 0 Å². The second-order valence-corrected chi connectivity index (χ2v) is 5.23. The second-order valence-electron chi connectivity index (χ2n) is 5.23. The zero-order valence-electron chi connectivity index (χ0n) is 11.9. The average molecular weight is 317 g/mol. The van der Waals surface area contributed by atoms with Gasteiger partial charge in [0, 0.05) is 26.3 Å². The molecular formula is C15H22ClFN2O2. The first kappa shape index (κ1) is 17.9. The molecule has 1 aliphatic heterocycles. The standard InChI is InChI=1S/C15H21FN2O2.ClH/c16-13-3-1-2-12(10-13)4-7-18-14(19)15(11-17)5-8-20-9-6-15;/h1-3,10H,4-9,11,17H2,(H,18,19);1H. The van der Waals surface area contributed by atoms with Crippen LogP contribution in [0.3, 0.4) is 0 Å². The lowest BCUT2D eigenvalue weighted by Crippen LogP contribution is -2.49. The first-order valence-corrected chi connectivity index (χ1v) is 6.97. The SMILES string of the molecule is Cl.NCC1(C(=O)NCCc2cccc(F)c2)CCOCC1. The third-order valence-electron chi connectivity index (χ3n) is 3.91. The number of ether oxygens (including phenoxy) is 1. The number of hydrogen-bond donors (Lipinski definition) is 2. The minimum Gasteiger partial charge on any atom is -0.381 e. The van der Waals surface area contributed by atoms with Gasteiger partial charge < -0.3 is 15.8 Å². The van der Waals surface area contributed by atoms with E-state index in [-0.39, 0.29) is 24.1 Å². The van der Waals surface area contributed by atoms with Crippen molar-refractivity contribution in [3.05, 3.63) is 35.6 Å². The molecule has 0 aliphatic carbocycles. The molecule has 1 fully saturated rings. The van der Waals surface area contributed by atoms with Crippen LogP contribution in [0.2, 0.25) is 0 Å². The largest absolute Gasteiger partial charge is 0.381 e. The van der Waals surface area contributed by atoms with Gasteiger partial charge in [0.2, 0.25) is 5.91 Å². The van der Waals surface area contributed by atoms with E-state index in [4.69, 9.17) is 10.5 Å². The van der Waals surface area contributed by atoms with Gasteiger partial charge in [-0.25, -0.2) is 4.39 Å². The predicted octanol–water partition coefficient (Wildman–Crippen LogP) is 1.66. The van der Waals surface area contributed by atoms with E-state index >= 15 is 0 Å². The van der Waals surface area contributed by atoms with E-state index in [1.54, 1.807) is 6.07 Å². The molecule has 0 aromatic heterocycles. The fraction of sp³-hybridized carbons (Fsp3) is 0.533. The van der Waals surface area contributed by atoms with Gasteiger partial charge in [0.1, 0.15) is 5.82 Å². The molecule has 1 aromatic carbocycles. The zero-order chi connectivity index (χ0) is 14.4. The Morgan fingerprint density at radius 2 is 2.10 bits per heavy atom. The maximum atomic E-state index is 13.0. The Labute approximate surface area is 130 Å². The van der Waals surface area contributed by atoms with E-state index in [0.717, 1.165) is 5.56 Å². The Balaban J connectivity index is 0.00000220. The molecule has 3 N–H and O–H groups in total. The molecule has 1 saturated heterocycles. The van der Waals surface area contributed by atoms with Crippen LogP contribution < -0.4 is 11.1 Å². The van der Waals surface area contributed by atoms with Gasteiger partial charge in [0.05, 0.1) is 5.41 Å². The number of amides is 1. The summed E-state index contributed by atoms with van der Waals surface area (Å²) in [5, 5.41) is 2.92. The molecule has 2 rings (SSSR count). The first-order valence-electron chi connectivity index (χ1n) is 6.97. The van der Waals surface area contributed by atoms with Crippen LogP contribution in [-0.2, 0) is 16.0 Å². The molecule has 0 atom stereocenters. The highest BCUT2D eigenvalue weighted by Gasteiger charge is 2.38. The molecule has 0 unspecified atom stereocenters. The van der Waals surface area contributed by atoms with Crippen molar-refractivity contribution in [3.63, 3.8) is 0 Å². The van der Waals surface area contributed by atoms with Crippen molar-refractivity contribution in [2.45, 2.75) is 19.3 Å². The summed E-state index contributed by atoms with van der Waals surface area (Å²) in [5.74, 6) is -0.267. The molecule has 0 radical (unpaired) electrons. The number of rotatable bonds is 5. The van der Waals surface area contributed by atoms with Gasteiger partial charge in [0.15, 0.2) is 0 Å². The van der Waals surface area contributed by atoms with Gasteiger partial charge >= 0.3 is 0 Å². The van der Waals surface area contributed by atoms with Crippen molar-refractivity contribution in [1.82, 2.24) is 5.32 Å². The molecular weight excluding hydrogens is 295 g/mol. The summed E-state index contributed by atoms with van der Waals surface area (Å²) in [6.45, 7) is 1.98. The molecule has 0 bridgehead atoms. The normalized spacial score (nSPS) is 16.9. The smallest absolute Gasteiger partial charge is 0.227 e. The minimum atomic E-state index is -0.500. The summed E-state index contributed by atoms with van der Waals surface area (Å²) in [4.78, 5) is 12.3. The molecule has 0 saturated carbocycles. The van der Waals surface area contributed by atoms with Crippen LogP contribution >= 0.6 is 12.4 Å². The highest BCUT2D eigenvalue weighted by atomic mass is 35.5. The second kappa shape index (κ2) is 8.32. The molecule has 6 heteroatoms. The van der Waals surface area contributed by atoms with E-state index in [1.807, 2.05) is 6.07 Å². The van der Waals surface area contributed by atoms with Gasteiger partial charge in [0.25, 0.3) is 0 Å². The monoisotopic (exact) mass is 316 g/mol. The Bertz CT molecular complexity index is 465. The number of hydrogen-bond acceptors (Lipinski definition) is 3. The average Bonchev–Trinajstić information content (AvgIpc) is 2.48. The molecule has 1 aromatic rings. The lowest BCUT2D eigenvalue weighted by atomic mass is 9.79. The summed E-state index contributed by atoms with van der Waals surface area (Å²) in [5.41, 5.74) is 6.15. The van der Waals surface area contributed by atoms with Crippen LogP contribution in [-0.4, -0.2) is 32.2 Å². The van der Waals surface area contributed by atoms with Gasteiger partial charge in [-0.05, 0) is 37.0 Å². The van der Waals surface area contributed by atoms with Gasteiger partial charge in [-0.3, -0.25) is 4.79 Å². The summed E-state index contributed by atoms with van der Waals surface area (Å²) in [7, 11) is 0. The van der Waals surface area contributed by atoms with Crippen LogP contribution in [0.5, 0.6) is 0 Å². The number of carbonyl (C=O) groups is 1. The zero-order valence-corrected chi connectivity index (χ0v) is 12.8. The molecule has 118 valence electrons. The van der Waals surface area contributed by atoms with Gasteiger partial charge in [-0.2, -0.15) is 0 Å². The van der Waals surface area contributed by atoms with E-state index in [9.17, 15) is 9.18 Å². The summed E-state index contributed by atoms with van der Waals surface area (Å²) < 4.78 is 18.3. The lowest BCUT2D eigenvalue weighted by molar-refractivity contribution is -0.135. The summed E-state index contributed by atoms with van der Waals surface area (Å²) >= 11 is 0. The summed E-state index contributed by atoms with van der Waals surface area (Å²) in [6.07, 6.45) is 1.94. The number of halogens is 2. The maximum absolute atomic E-state index is 13.0. The third-order valence-corrected chi connectivity index (χ3v) is 3.91. The summed E-state index contributed by atoms with van der Waals surface area (Å²) in [6, 6.07) is 6.42. The molecule has 1 heterocycles. The van der Waals surface area contributed by atoms with Crippen molar-refractivity contribution in [1.29, 1.82) is 0 Å². The van der Waals surface area contributed by atoms with Gasteiger partial charge in [-0.1, -0.05) is 12.1 Å². The topological polar surface area (TPSA) is 64.4 Å². The first-order chi connectivity index (χ1) is 9.66. The van der Waals surface area contributed by atoms with E-state index in [0.29, 0.717) is 45.6 Å². The lowest BCUT2D eigenvalue weighted by Gasteiger charge is -2.34. The van der Waals surface area contributed by atoms with Crippen LogP contribution in [0, 0.1) is 11.2 Å². The van der Waals surface area contributed by atoms with Crippen molar-refractivity contribution >= 4 is 18.3 Å². The van der Waals surface area contributed by atoms with Gasteiger partial charge in [-0.15, -0.1) is 12.4 Å². The van der Waals surface area contributed by atoms with Crippen molar-refractivity contribution in [2.24, 2.45) is 11.1 Å².